The van der Waals surface area contributed by atoms with Crippen LogP contribution < -0.4 is 16.0 Å². The van der Waals surface area contributed by atoms with Gasteiger partial charge in [-0.15, -0.1) is 0 Å². The SMILES string of the molecule is CC(CN)CCC(=O)Nc1cccc(Cl)c1N(C)C. The molecule has 0 saturated heterocycles. The molecule has 0 aromatic heterocycles. The lowest BCUT2D eigenvalue weighted by Gasteiger charge is -2.19. The van der Waals surface area contributed by atoms with E-state index in [0.717, 1.165) is 17.8 Å². The predicted molar refractivity (Wildman–Crippen MR) is 81.9 cm³/mol. The fourth-order valence-corrected chi connectivity index (χ4v) is 2.12. The Labute approximate surface area is 119 Å². The maximum absolute atomic E-state index is 11.9. The number of anilines is 2. The molecular weight excluding hydrogens is 262 g/mol. The Morgan fingerprint density at radius 1 is 1.47 bits per heavy atom. The summed E-state index contributed by atoms with van der Waals surface area (Å²) in [6, 6.07) is 5.49. The van der Waals surface area contributed by atoms with Crippen molar-refractivity contribution in [2.24, 2.45) is 11.7 Å². The number of amides is 1. The molecule has 1 atom stereocenters. The predicted octanol–water partition coefficient (Wildman–Crippen LogP) is 2.72. The van der Waals surface area contributed by atoms with E-state index in [1.165, 1.54) is 0 Å². The highest BCUT2D eigenvalue weighted by Gasteiger charge is 2.12. The molecule has 0 radical (unpaired) electrons. The van der Waals surface area contributed by atoms with E-state index in [1.807, 2.05) is 44.1 Å². The second-order valence-corrected chi connectivity index (χ2v) is 5.37. The highest BCUT2D eigenvalue weighted by atomic mass is 35.5. The molecule has 4 nitrogen and oxygen atoms in total. The molecule has 0 spiro atoms. The molecule has 5 heteroatoms. The second kappa shape index (κ2) is 7.36. The van der Waals surface area contributed by atoms with Gasteiger partial charge in [0.25, 0.3) is 0 Å². The van der Waals surface area contributed by atoms with Crippen LogP contribution >= 0.6 is 11.6 Å². The van der Waals surface area contributed by atoms with E-state index < -0.39 is 0 Å². The smallest absolute Gasteiger partial charge is 0.224 e. The van der Waals surface area contributed by atoms with Gasteiger partial charge in [-0.1, -0.05) is 24.6 Å². The van der Waals surface area contributed by atoms with Crippen molar-refractivity contribution < 1.29 is 4.79 Å². The van der Waals surface area contributed by atoms with Crippen molar-refractivity contribution in [2.45, 2.75) is 19.8 Å². The van der Waals surface area contributed by atoms with Gasteiger partial charge in [-0.05, 0) is 31.0 Å². The standard InChI is InChI=1S/C14H22ClN3O/c1-10(9-16)7-8-13(19)17-12-6-4-5-11(15)14(12)18(2)3/h4-6,10H,7-9,16H2,1-3H3,(H,17,19). The molecular formula is C14H22ClN3O. The highest BCUT2D eigenvalue weighted by Crippen LogP contribution is 2.32. The van der Waals surface area contributed by atoms with Crippen LogP contribution in [0.4, 0.5) is 11.4 Å². The van der Waals surface area contributed by atoms with Crippen molar-refractivity contribution >= 4 is 28.9 Å². The lowest BCUT2D eigenvalue weighted by atomic mass is 10.1. The molecule has 1 aromatic rings. The van der Waals surface area contributed by atoms with Crippen LogP contribution in [0.3, 0.4) is 0 Å². The number of nitrogens with one attached hydrogen (secondary N) is 1. The highest BCUT2D eigenvalue weighted by molar-refractivity contribution is 6.34. The molecule has 1 amide bonds. The zero-order chi connectivity index (χ0) is 14.4. The first-order valence-electron chi connectivity index (χ1n) is 6.41. The summed E-state index contributed by atoms with van der Waals surface area (Å²) >= 11 is 6.15. The van der Waals surface area contributed by atoms with E-state index in [1.54, 1.807) is 0 Å². The van der Waals surface area contributed by atoms with Gasteiger partial charge < -0.3 is 16.0 Å². The Morgan fingerprint density at radius 3 is 2.74 bits per heavy atom. The van der Waals surface area contributed by atoms with Crippen molar-refractivity contribution in [2.75, 3.05) is 30.9 Å². The van der Waals surface area contributed by atoms with Crippen LogP contribution in [0.1, 0.15) is 19.8 Å². The first-order chi connectivity index (χ1) is 8.95. The number of halogens is 1. The second-order valence-electron chi connectivity index (χ2n) is 4.96. The normalized spacial score (nSPS) is 12.1. The van der Waals surface area contributed by atoms with Crippen LogP contribution in [0.5, 0.6) is 0 Å². The van der Waals surface area contributed by atoms with Crippen molar-refractivity contribution in [3.8, 4) is 0 Å². The van der Waals surface area contributed by atoms with Gasteiger partial charge in [0.15, 0.2) is 0 Å². The first-order valence-corrected chi connectivity index (χ1v) is 6.79. The van der Waals surface area contributed by atoms with Crippen LogP contribution in [-0.4, -0.2) is 26.5 Å². The third kappa shape index (κ3) is 4.73. The Balaban J connectivity index is 2.72. The molecule has 0 heterocycles. The molecule has 1 rings (SSSR count). The third-order valence-corrected chi connectivity index (χ3v) is 3.28. The third-order valence-electron chi connectivity index (χ3n) is 2.97. The van der Waals surface area contributed by atoms with Crippen LogP contribution in [0.15, 0.2) is 18.2 Å². The summed E-state index contributed by atoms with van der Waals surface area (Å²) in [4.78, 5) is 13.8. The minimum Gasteiger partial charge on any atom is -0.375 e. The average Bonchev–Trinajstić information content (AvgIpc) is 2.35. The molecule has 0 aliphatic rings. The van der Waals surface area contributed by atoms with E-state index in [-0.39, 0.29) is 5.91 Å². The molecule has 0 bridgehead atoms. The number of hydrogen-bond acceptors (Lipinski definition) is 3. The maximum Gasteiger partial charge on any atom is 0.224 e. The summed E-state index contributed by atoms with van der Waals surface area (Å²) in [6.07, 6.45) is 1.26. The van der Waals surface area contributed by atoms with Gasteiger partial charge in [-0.2, -0.15) is 0 Å². The average molecular weight is 284 g/mol. The minimum atomic E-state index is -0.00864. The van der Waals surface area contributed by atoms with Gasteiger partial charge >= 0.3 is 0 Å². The monoisotopic (exact) mass is 283 g/mol. The maximum atomic E-state index is 11.9. The first kappa shape index (κ1) is 15.8. The van der Waals surface area contributed by atoms with Crippen LogP contribution in [0.2, 0.25) is 5.02 Å². The molecule has 0 aliphatic heterocycles. The van der Waals surface area contributed by atoms with Gasteiger partial charge in [0.2, 0.25) is 5.91 Å². The number of nitrogens with zero attached hydrogens (tertiary/aromatic N) is 1. The topological polar surface area (TPSA) is 58.4 Å². The fraction of sp³-hybridized carbons (Fsp3) is 0.500. The number of rotatable bonds is 6. The lowest BCUT2D eigenvalue weighted by molar-refractivity contribution is -0.116. The van der Waals surface area contributed by atoms with Crippen LogP contribution in [0, 0.1) is 5.92 Å². The minimum absolute atomic E-state index is 0.00864. The van der Waals surface area contributed by atoms with Crippen molar-refractivity contribution in [1.82, 2.24) is 0 Å². The summed E-state index contributed by atoms with van der Waals surface area (Å²) in [6.45, 7) is 2.64. The summed E-state index contributed by atoms with van der Waals surface area (Å²) in [5.41, 5.74) is 7.10. The van der Waals surface area contributed by atoms with Crippen molar-refractivity contribution in [3.63, 3.8) is 0 Å². The van der Waals surface area contributed by atoms with E-state index in [0.29, 0.717) is 23.9 Å². The molecule has 106 valence electrons. The number of carbonyl (C=O) groups excluding carboxylic acids is 1. The van der Waals surface area contributed by atoms with Gasteiger partial charge in [0.05, 0.1) is 16.4 Å². The number of hydrogen-bond donors (Lipinski definition) is 2. The number of carbonyl (C=O) groups is 1. The van der Waals surface area contributed by atoms with E-state index in [2.05, 4.69) is 5.32 Å². The fourth-order valence-electron chi connectivity index (χ4n) is 1.78. The Morgan fingerprint density at radius 2 is 2.16 bits per heavy atom. The molecule has 1 aromatic carbocycles. The molecule has 0 aliphatic carbocycles. The Bertz CT molecular complexity index is 435. The zero-order valence-corrected chi connectivity index (χ0v) is 12.5. The van der Waals surface area contributed by atoms with Crippen LogP contribution in [0.25, 0.3) is 0 Å². The summed E-state index contributed by atoms with van der Waals surface area (Å²) in [7, 11) is 3.79. The van der Waals surface area contributed by atoms with E-state index in [4.69, 9.17) is 17.3 Å². The molecule has 0 fully saturated rings. The summed E-state index contributed by atoms with van der Waals surface area (Å²) < 4.78 is 0. The lowest BCUT2D eigenvalue weighted by Crippen LogP contribution is -2.18. The van der Waals surface area contributed by atoms with Gasteiger partial charge in [0, 0.05) is 20.5 Å². The largest absolute Gasteiger partial charge is 0.375 e. The summed E-state index contributed by atoms with van der Waals surface area (Å²) in [5, 5.41) is 3.53. The van der Waals surface area contributed by atoms with Crippen molar-refractivity contribution in [3.05, 3.63) is 23.2 Å². The number of nitrogens with two attached hydrogens (primary N) is 1. The quantitative estimate of drug-likeness (QED) is 0.844. The van der Waals surface area contributed by atoms with E-state index in [9.17, 15) is 4.79 Å². The Kier molecular flexibility index (Phi) is 6.12. The molecule has 19 heavy (non-hydrogen) atoms. The number of benzene rings is 1. The van der Waals surface area contributed by atoms with E-state index >= 15 is 0 Å². The number of para-hydroxylation sites is 1. The van der Waals surface area contributed by atoms with Gasteiger partial charge in [-0.25, -0.2) is 0 Å². The molecule has 3 N–H and O–H groups in total. The van der Waals surface area contributed by atoms with Crippen LogP contribution in [-0.2, 0) is 4.79 Å². The Hall–Kier alpha value is -1.26. The van der Waals surface area contributed by atoms with Gasteiger partial charge in [0.1, 0.15) is 0 Å². The molecule has 1 unspecified atom stereocenters. The van der Waals surface area contributed by atoms with Gasteiger partial charge in [-0.3, -0.25) is 4.79 Å². The molecule has 0 saturated carbocycles. The summed E-state index contributed by atoms with van der Waals surface area (Å²) in [5.74, 6) is 0.351. The van der Waals surface area contributed by atoms with Crippen molar-refractivity contribution in [1.29, 1.82) is 0 Å². The zero-order valence-electron chi connectivity index (χ0n) is 11.7.